The zero-order chi connectivity index (χ0) is 10.9. The van der Waals surface area contributed by atoms with Gasteiger partial charge in [-0.2, -0.15) is 0 Å². The lowest BCUT2D eigenvalue weighted by Gasteiger charge is -2.11. The van der Waals surface area contributed by atoms with E-state index in [1.165, 1.54) is 0 Å². The van der Waals surface area contributed by atoms with E-state index in [0.717, 1.165) is 12.8 Å². The van der Waals surface area contributed by atoms with Crippen molar-refractivity contribution < 1.29 is 14.9 Å². The number of aliphatic hydroxyl groups excluding tert-OH is 1. The predicted molar refractivity (Wildman–Crippen MR) is 54.8 cm³/mol. The van der Waals surface area contributed by atoms with Gasteiger partial charge in [0.05, 0.1) is 11.7 Å². The van der Waals surface area contributed by atoms with E-state index in [9.17, 15) is 0 Å². The van der Waals surface area contributed by atoms with Gasteiger partial charge < -0.3 is 14.9 Å². The molecule has 1 atom stereocenters. The molecule has 0 amide bonds. The van der Waals surface area contributed by atoms with Gasteiger partial charge in [-0.25, -0.2) is 0 Å². The molecule has 0 fully saturated rings. The molecule has 0 aromatic heterocycles. The quantitative estimate of drug-likeness (QED) is 0.711. The lowest BCUT2D eigenvalue weighted by molar-refractivity contribution is 0.0765. The smallest absolute Gasteiger partial charge is 0.0589 e. The average molecular weight is 192 g/mol. The average Bonchev–Trinajstić information content (AvgIpc) is 2.05. The summed E-state index contributed by atoms with van der Waals surface area (Å²) in [6.45, 7) is 7.70. The zero-order valence-corrected chi connectivity index (χ0v) is 9.50. The summed E-state index contributed by atoms with van der Waals surface area (Å²) in [6.07, 6.45) is 1.76. The van der Waals surface area contributed by atoms with Crippen molar-refractivity contribution in [3.63, 3.8) is 0 Å². The Hall–Kier alpha value is -0.120. The Bertz CT molecular complexity index is 96.8. The predicted octanol–water partition coefficient (Wildman–Crippen LogP) is 1.57. The van der Waals surface area contributed by atoms with Crippen LogP contribution in [0.1, 0.15) is 40.5 Å². The molecule has 82 valence electrons. The summed E-state index contributed by atoms with van der Waals surface area (Å²) >= 11 is 0. The third-order valence-corrected chi connectivity index (χ3v) is 1.80. The largest absolute Gasteiger partial charge is 0.396 e. The van der Waals surface area contributed by atoms with E-state index in [0.29, 0.717) is 0 Å². The molecule has 0 heterocycles. The first-order valence-corrected chi connectivity index (χ1v) is 4.73. The van der Waals surface area contributed by atoms with Crippen LogP contribution in [0, 0.1) is 0 Å². The summed E-state index contributed by atoms with van der Waals surface area (Å²) < 4.78 is 4.83. The molecule has 3 heteroatoms. The summed E-state index contributed by atoms with van der Waals surface area (Å²) in [5, 5.41) is 17.1. The first kappa shape index (κ1) is 15.4. The highest BCUT2D eigenvalue weighted by molar-refractivity contribution is 4.59. The normalized spacial score (nSPS) is 13.2. The van der Waals surface area contributed by atoms with Crippen LogP contribution in [0.25, 0.3) is 0 Å². The minimum absolute atomic E-state index is 0.199. The van der Waals surface area contributed by atoms with Gasteiger partial charge in [0, 0.05) is 13.7 Å². The van der Waals surface area contributed by atoms with Crippen LogP contribution in [-0.4, -0.2) is 35.6 Å². The van der Waals surface area contributed by atoms with Crippen molar-refractivity contribution in [2.24, 2.45) is 0 Å². The van der Waals surface area contributed by atoms with Crippen LogP contribution in [0.2, 0.25) is 0 Å². The summed E-state index contributed by atoms with van der Waals surface area (Å²) in [4.78, 5) is 0. The van der Waals surface area contributed by atoms with Crippen molar-refractivity contribution in [3.8, 4) is 0 Å². The molecule has 0 aliphatic carbocycles. The van der Waals surface area contributed by atoms with Gasteiger partial charge in [0.1, 0.15) is 0 Å². The summed E-state index contributed by atoms with van der Waals surface area (Å²) in [6, 6.07) is 0. The zero-order valence-electron chi connectivity index (χ0n) is 9.50. The SMILES string of the molecule is CCC(C)(C)O.COC(C)CCO. The fraction of sp³-hybridized carbons (Fsp3) is 1.00. The molecule has 0 saturated heterocycles. The van der Waals surface area contributed by atoms with E-state index >= 15 is 0 Å². The molecular formula is C10H24O3. The molecule has 3 nitrogen and oxygen atoms in total. The molecule has 0 saturated carbocycles. The van der Waals surface area contributed by atoms with Gasteiger partial charge in [-0.05, 0) is 33.6 Å². The Morgan fingerprint density at radius 3 is 1.85 bits per heavy atom. The fourth-order valence-electron chi connectivity index (χ4n) is 0.300. The van der Waals surface area contributed by atoms with Gasteiger partial charge >= 0.3 is 0 Å². The maximum absolute atomic E-state index is 8.83. The van der Waals surface area contributed by atoms with Crippen molar-refractivity contribution in [1.29, 1.82) is 0 Å². The van der Waals surface area contributed by atoms with E-state index in [2.05, 4.69) is 0 Å². The number of hydrogen-bond acceptors (Lipinski definition) is 3. The third-order valence-electron chi connectivity index (χ3n) is 1.80. The van der Waals surface area contributed by atoms with Crippen molar-refractivity contribution in [2.45, 2.75) is 52.2 Å². The first-order chi connectivity index (χ1) is 5.87. The molecule has 0 aromatic rings. The van der Waals surface area contributed by atoms with E-state index in [1.54, 1.807) is 21.0 Å². The second kappa shape index (κ2) is 8.48. The van der Waals surface area contributed by atoms with Crippen molar-refractivity contribution in [2.75, 3.05) is 13.7 Å². The highest BCUT2D eigenvalue weighted by Crippen LogP contribution is 2.03. The minimum Gasteiger partial charge on any atom is -0.396 e. The van der Waals surface area contributed by atoms with E-state index in [1.807, 2.05) is 13.8 Å². The second-order valence-electron chi connectivity index (χ2n) is 3.72. The first-order valence-electron chi connectivity index (χ1n) is 4.73. The van der Waals surface area contributed by atoms with E-state index in [-0.39, 0.29) is 12.7 Å². The van der Waals surface area contributed by atoms with Crippen LogP contribution in [0.5, 0.6) is 0 Å². The molecule has 0 spiro atoms. The number of aliphatic hydroxyl groups is 2. The molecule has 0 aromatic carbocycles. The topological polar surface area (TPSA) is 49.7 Å². The van der Waals surface area contributed by atoms with Crippen molar-refractivity contribution in [3.05, 3.63) is 0 Å². The molecular weight excluding hydrogens is 168 g/mol. The van der Waals surface area contributed by atoms with Crippen LogP contribution in [0.15, 0.2) is 0 Å². The lowest BCUT2D eigenvalue weighted by Crippen LogP contribution is -2.15. The van der Waals surface area contributed by atoms with Gasteiger partial charge in [0.2, 0.25) is 0 Å². The highest BCUT2D eigenvalue weighted by Gasteiger charge is 2.05. The van der Waals surface area contributed by atoms with E-state index in [4.69, 9.17) is 14.9 Å². The maximum atomic E-state index is 8.83. The number of methoxy groups -OCH3 is 1. The Morgan fingerprint density at radius 2 is 1.77 bits per heavy atom. The fourth-order valence-corrected chi connectivity index (χ4v) is 0.300. The number of hydrogen-bond donors (Lipinski definition) is 2. The molecule has 0 aliphatic heterocycles. The Labute approximate surface area is 81.7 Å². The van der Waals surface area contributed by atoms with Crippen LogP contribution in [-0.2, 0) is 4.74 Å². The maximum Gasteiger partial charge on any atom is 0.0589 e. The van der Waals surface area contributed by atoms with Crippen LogP contribution < -0.4 is 0 Å². The summed E-state index contributed by atoms with van der Waals surface area (Å²) in [5.41, 5.74) is -0.458. The van der Waals surface area contributed by atoms with Crippen LogP contribution in [0.3, 0.4) is 0 Å². The molecule has 0 aliphatic rings. The lowest BCUT2D eigenvalue weighted by atomic mass is 10.1. The van der Waals surface area contributed by atoms with Gasteiger partial charge in [0.15, 0.2) is 0 Å². The van der Waals surface area contributed by atoms with Gasteiger partial charge in [0.25, 0.3) is 0 Å². The minimum atomic E-state index is -0.458. The monoisotopic (exact) mass is 192 g/mol. The van der Waals surface area contributed by atoms with Crippen LogP contribution in [0.4, 0.5) is 0 Å². The Morgan fingerprint density at radius 1 is 1.38 bits per heavy atom. The Balaban J connectivity index is 0. The summed E-state index contributed by atoms with van der Waals surface area (Å²) in [5.74, 6) is 0. The molecule has 0 rings (SSSR count). The number of rotatable bonds is 4. The molecule has 0 bridgehead atoms. The van der Waals surface area contributed by atoms with E-state index < -0.39 is 5.60 Å². The van der Waals surface area contributed by atoms with Gasteiger partial charge in [-0.1, -0.05) is 6.92 Å². The number of ether oxygens (including phenoxy) is 1. The Kier molecular flexibility index (Phi) is 10.0. The highest BCUT2D eigenvalue weighted by atomic mass is 16.5. The molecule has 2 N–H and O–H groups in total. The molecule has 13 heavy (non-hydrogen) atoms. The summed E-state index contributed by atoms with van der Waals surface area (Å²) in [7, 11) is 1.64. The van der Waals surface area contributed by atoms with Crippen molar-refractivity contribution in [1.82, 2.24) is 0 Å². The standard InChI is InChI=1S/C5H12O2.C5H12O/c1-5(7-2)3-4-6;1-4-5(2,3)6/h5-6H,3-4H2,1-2H3;6H,4H2,1-3H3. The van der Waals surface area contributed by atoms with Crippen molar-refractivity contribution >= 4 is 0 Å². The van der Waals surface area contributed by atoms with Gasteiger partial charge in [-0.15, -0.1) is 0 Å². The van der Waals surface area contributed by atoms with Gasteiger partial charge in [-0.3, -0.25) is 0 Å². The second-order valence-corrected chi connectivity index (χ2v) is 3.72. The van der Waals surface area contributed by atoms with Crippen LogP contribution >= 0.6 is 0 Å². The third kappa shape index (κ3) is 18.7. The molecule has 1 unspecified atom stereocenters. The molecule has 0 radical (unpaired) electrons.